The first-order chi connectivity index (χ1) is 9.26. The number of nitrogens with zero attached hydrogens (tertiary/aromatic N) is 1. The number of halogens is 1. The third-order valence-electron chi connectivity index (χ3n) is 2.50. The van der Waals surface area contributed by atoms with Gasteiger partial charge in [-0.2, -0.15) is 0 Å². The number of rotatable bonds is 4. The normalized spacial score (nSPS) is 10.7. The third kappa shape index (κ3) is 3.35. The predicted molar refractivity (Wildman–Crippen MR) is 77.7 cm³/mol. The van der Waals surface area contributed by atoms with E-state index in [-0.39, 0.29) is 0 Å². The van der Waals surface area contributed by atoms with E-state index in [4.69, 9.17) is 9.47 Å². The smallest absolute Gasteiger partial charge is 0.222 e. The molecule has 2 aromatic rings. The van der Waals surface area contributed by atoms with Gasteiger partial charge in [0.25, 0.3) is 0 Å². The molecule has 0 fully saturated rings. The Balaban J connectivity index is 2.30. The predicted octanol–water partition coefficient (Wildman–Crippen LogP) is 3.08. The minimum atomic E-state index is -0.486. The largest absolute Gasteiger partial charge is 0.359 e. The fourth-order valence-corrected chi connectivity index (χ4v) is 2.26. The molecule has 0 bridgehead atoms. The SMILES string of the molecule is CCOC(C#Cc1c[nH]c2cncc(Br)c12)OCC. The third-order valence-corrected chi connectivity index (χ3v) is 3.10. The van der Waals surface area contributed by atoms with E-state index in [1.807, 2.05) is 20.0 Å². The molecule has 0 saturated carbocycles. The number of aromatic nitrogens is 2. The molecule has 2 rings (SSSR count). The van der Waals surface area contributed by atoms with Gasteiger partial charge in [-0.1, -0.05) is 5.92 Å². The standard InChI is InChI=1S/C14H15BrN2O2/c1-3-18-13(19-4-2)6-5-10-7-17-12-9-16-8-11(15)14(10)12/h7-9,13,17H,3-4H2,1-2H3. The second-order valence-corrected chi connectivity index (χ2v) is 4.61. The summed E-state index contributed by atoms with van der Waals surface area (Å²) in [4.78, 5) is 7.24. The van der Waals surface area contributed by atoms with Crippen LogP contribution in [0.2, 0.25) is 0 Å². The summed E-state index contributed by atoms with van der Waals surface area (Å²) in [6.45, 7) is 4.98. The highest BCUT2D eigenvalue weighted by Gasteiger charge is 2.07. The topological polar surface area (TPSA) is 47.1 Å². The Hall–Kier alpha value is -1.35. The van der Waals surface area contributed by atoms with Gasteiger partial charge in [-0.25, -0.2) is 0 Å². The van der Waals surface area contributed by atoms with Crippen LogP contribution in [-0.4, -0.2) is 29.5 Å². The number of hydrogen-bond acceptors (Lipinski definition) is 3. The quantitative estimate of drug-likeness (QED) is 0.695. The van der Waals surface area contributed by atoms with Crippen molar-refractivity contribution >= 4 is 26.8 Å². The molecule has 5 heteroatoms. The van der Waals surface area contributed by atoms with Gasteiger partial charge in [-0.05, 0) is 35.7 Å². The van der Waals surface area contributed by atoms with Crippen LogP contribution < -0.4 is 0 Å². The first-order valence-electron chi connectivity index (χ1n) is 6.11. The first-order valence-corrected chi connectivity index (χ1v) is 6.90. The number of aromatic amines is 1. The molecule has 0 aliphatic heterocycles. The highest BCUT2D eigenvalue weighted by Crippen LogP contribution is 2.25. The number of fused-ring (bicyclic) bond motifs is 1. The Kier molecular flexibility index (Phi) is 4.97. The summed E-state index contributed by atoms with van der Waals surface area (Å²) in [5, 5.41) is 1.02. The van der Waals surface area contributed by atoms with Crippen LogP contribution in [0.25, 0.3) is 10.9 Å². The molecule has 0 spiro atoms. The lowest BCUT2D eigenvalue weighted by Crippen LogP contribution is -2.14. The molecule has 2 heterocycles. The molecule has 4 nitrogen and oxygen atoms in total. The summed E-state index contributed by atoms with van der Waals surface area (Å²) in [5.41, 5.74) is 1.84. The van der Waals surface area contributed by atoms with E-state index in [0.717, 1.165) is 20.9 Å². The highest BCUT2D eigenvalue weighted by molar-refractivity contribution is 9.10. The van der Waals surface area contributed by atoms with Gasteiger partial charge < -0.3 is 14.5 Å². The van der Waals surface area contributed by atoms with Crippen LogP contribution >= 0.6 is 15.9 Å². The highest BCUT2D eigenvalue weighted by atomic mass is 79.9. The van der Waals surface area contributed by atoms with Gasteiger partial charge in [0.15, 0.2) is 0 Å². The van der Waals surface area contributed by atoms with E-state index < -0.39 is 6.29 Å². The zero-order valence-electron chi connectivity index (χ0n) is 10.9. The fourth-order valence-electron chi connectivity index (χ4n) is 1.71. The summed E-state index contributed by atoms with van der Waals surface area (Å²) in [5.74, 6) is 6.08. The number of ether oxygens (including phenoxy) is 2. The Morgan fingerprint density at radius 1 is 1.32 bits per heavy atom. The molecule has 0 aliphatic carbocycles. The van der Waals surface area contributed by atoms with Crippen molar-refractivity contribution < 1.29 is 9.47 Å². The molecule has 19 heavy (non-hydrogen) atoms. The Morgan fingerprint density at radius 2 is 2.05 bits per heavy atom. The molecular weight excluding hydrogens is 308 g/mol. The van der Waals surface area contributed by atoms with Gasteiger partial charge in [0.2, 0.25) is 6.29 Å². The van der Waals surface area contributed by atoms with E-state index in [2.05, 4.69) is 37.7 Å². The molecule has 0 atom stereocenters. The van der Waals surface area contributed by atoms with Gasteiger partial charge in [-0.3, -0.25) is 4.98 Å². The number of pyridine rings is 1. The first kappa shape index (κ1) is 14.1. The maximum absolute atomic E-state index is 5.39. The molecule has 0 aliphatic rings. The van der Waals surface area contributed by atoms with Crippen molar-refractivity contribution in [1.29, 1.82) is 0 Å². The van der Waals surface area contributed by atoms with Crippen LogP contribution in [0.1, 0.15) is 19.4 Å². The molecule has 2 aromatic heterocycles. The molecule has 1 N–H and O–H groups in total. The summed E-state index contributed by atoms with van der Waals surface area (Å²) >= 11 is 3.48. The van der Waals surface area contributed by atoms with Crippen molar-refractivity contribution in [3.8, 4) is 11.8 Å². The molecule has 0 saturated heterocycles. The molecular formula is C14H15BrN2O2. The van der Waals surface area contributed by atoms with Gasteiger partial charge in [0.1, 0.15) is 0 Å². The molecule has 0 radical (unpaired) electrons. The van der Waals surface area contributed by atoms with Gasteiger partial charge >= 0.3 is 0 Å². The van der Waals surface area contributed by atoms with Crippen molar-refractivity contribution in [1.82, 2.24) is 9.97 Å². The minimum absolute atomic E-state index is 0.486. The van der Waals surface area contributed by atoms with E-state index >= 15 is 0 Å². The second-order valence-electron chi connectivity index (χ2n) is 3.76. The number of nitrogens with one attached hydrogen (secondary N) is 1. The van der Waals surface area contributed by atoms with E-state index in [0.29, 0.717) is 13.2 Å². The fraction of sp³-hybridized carbons (Fsp3) is 0.357. The average Bonchev–Trinajstić information content (AvgIpc) is 2.81. The van der Waals surface area contributed by atoms with Crippen molar-refractivity contribution in [2.45, 2.75) is 20.1 Å². The van der Waals surface area contributed by atoms with E-state index in [1.165, 1.54) is 0 Å². The average molecular weight is 323 g/mol. The maximum atomic E-state index is 5.39. The maximum Gasteiger partial charge on any atom is 0.222 e. The lowest BCUT2D eigenvalue weighted by atomic mass is 10.2. The number of hydrogen-bond donors (Lipinski definition) is 1. The van der Waals surface area contributed by atoms with Crippen LogP contribution in [0.4, 0.5) is 0 Å². The van der Waals surface area contributed by atoms with E-state index in [9.17, 15) is 0 Å². The second kappa shape index (κ2) is 6.71. The van der Waals surface area contributed by atoms with Crippen LogP contribution in [0.5, 0.6) is 0 Å². The van der Waals surface area contributed by atoms with Crippen LogP contribution in [0.15, 0.2) is 23.1 Å². The zero-order valence-corrected chi connectivity index (χ0v) is 12.5. The molecule has 0 unspecified atom stereocenters. The van der Waals surface area contributed by atoms with Gasteiger partial charge in [0.05, 0.1) is 17.3 Å². The van der Waals surface area contributed by atoms with Crippen LogP contribution in [0.3, 0.4) is 0 Å². The Morgan fingerprint density at radius 3 is 2.74 bits per heavy atom. The monoisotopic (exact) mass is 322 g/mol. The van der Waals surface area contributed by atoms with Crippen LogP contribution in [0, 0.1) is 11.8 Å². The van der Waals surface area contributed by atoms with Gasteiger partial charge in [-0.15, -0.1) is 0 Å². The lowest BCUT2D eigenvalue weighted by Gasteiger charge is -2.09. The zero-order chi connectivity index (χ0) is 13.7. The summed E-state index contributed by atoms with van der Waals surface area (Å²) < 4.78 is 11.7. The summed E-state index contributed by atoms with van der Waals surface area (Å²) in [6.07, 6.45) is 4.90. The molecule has 0 amide bonds. The van der Waals surface area contributed by atoms with Crippen molar-refractivity contribution in [3.63, 3.8) is 0 Å². The molecule has 100 valence electrons. The molecule has 0 aromatic carbocycles. The van der Waals surface area contributed by atoms with Crippen molar-refractivity contribution in [2.24, 2.45) is 0 Å². The van der Waals surface area contributed by atoms with Crippen molar-refractivity contribution in [2.75, 3.05) is 13.2 Å². The van der Waals surface area contributed by atoms with Gasteiger partial charge in [0, 0.05) is 35.5 Å². The lowest BCUT2D eigenvalue weighted by molar-refractivity contribution is -0.0969. The summed E-state index contributed by atoms with van der Waals surface area (Å²) in [7, 11) is 0. The van der Waals surface area contributed by atoms with Crippen LogP contribution in [-0.2, 0) is 9.47 Å². The number of H-pyrrole nitrogens is 1. The van der Waals surface area contributed by atoms with Crippen molar-refractivity contribution in [3.05, 3.63) is 28.6 Å². The van der Waals surface area contributed by atoms with E-state index in [1.54, 1.807) is 12.4 Å². The minimum Gasteiger partial charge on any atom is -0.359 e. The Labute approximate surface area is 120 Å². The summed E-state index contributed by atoms with van der Waals surface area (Å²) in [6, 6.07) is 0. The Bertz CT molecular complexity index is 607.